The molecule has 1 aromatic carbocycles. The molecule has 0 aliphatic rings. The molecule has 100 valence electrons. The molecule has 1 rings (SSSR count). The quantitative estimate of drug-likeness (QED) is 0.890. The molecule has 0 aromatic heterocycles. The standard InChI is InChI=1S/C13H16Cl2O3/c1-13(2,12(16)17)5-4-8-6-10(15)11(18-3)7-9(8)14/h6-7H,4-5H2,1-3H3,(H,16,17). The van der Waals surface area contributed by atoms with Gasteiger partial charge in [0, 0.05) is 11.1 Å². The van der Waals surface area contributed by atoms with Gasteiger partial charge in [-0.05, 0) is 38.3 Å². The van der Waals surface area contributed by atoms with E-state index in [2.05, 4.69) is 0 Å². The maximum Gasteiger partial charge on any atom is 0.309 e. The highest BCUT2D eigenvalue weighted by atomic mass is 35.5. The molecular formula is C13H16Cl2O3. The van der Waals surface area contributed by atoms with Gasteiger partial charge in [-0.25, -0.2) is 0 Å². The molecule has 0 amide bonds. The normalized spacial score (nSPS) is 11.4. The van der Waals surface area contributed by atoms with E-state index in [0.717, 1.165) is 5.56 Å². The van der Waals surface area contributed by atoms with Gasteiger partial charge in [0.1, 0.15) is 5.75 Å². The van der Waals surface area contributed by atoms with Gasteiger partial charge in [0.15, 0.2) is 0 Å². The number of carbonyl (C=O) groups is 1. The Balaban J connectivity index is 2.86. The van der Waals surface area contributed by atoms with Gasteiger partial charge in [0.05, 0.1) is 17.5 Å². The van der Waals surface area contributed by atoms with E-state index >= 15 is 0 Å². The summed E-state index contributed by atoms with van der Waals surface area (Å²) >= 11 is 12.1. The third-order valence-electron chi connectivity index (χ3n) is 2.92. The second-order valence-electron chi connectivity index (χ2n) is 4.77. The van der Waals surface area contributed by atoms with Crippen LogP contribution in [0.4, 0.5) is 0 Å². The van der Waals surface area contributed by atoms with Crippen molar-refractivity contribution in [3.63, 3.8) is 0 Å². The lowest BCUT2D eigenvalue weighted by atomic mass is 9.86. The largest absolute Gasteiger partial charge is 0.495 e. The zero-order valence-electron chi connectivity index (χ0n) is 10.6. The van der Waals surface area contributed by atoms with E-state index in [1.165, 1.54) is 7.11 Å². The number of carboxylic acid groups (broad SMARTS) is 1. The first-order valence-electron chi connectivity index (χ1n) is 5.53. The third kappa shape index (κ3) is 3.53. The summed E-state index contributed by atoms with van der Waals surface area (Å²) in [6, 6.07) is 3.37. The number of hydrogen-bond acceptors (Lipinski definition) is 2. The Bertz CT molecular complexity index is 456. The zero-order valence-corrected chi connectivity index (χ0v) is 12.1. The number of halogens is 2. The molecule has 0 spiro atoms. The van der Waals surface area contributed by atoms with Crippen LogP contribution >= 0.6 is 23.2 Å². The Hall–Kier alpha value is -0.930. The fraction of sp³-hybridized carbons (Fsp3) is 0.462. The first-order chi connectivity index (χ1) is 8.27. The van der Waals surface area contributed by atoms with E-state index in [4.69, 9.17) is 33.0 Å². The fourth-order valence-electron chi connectivity index (χ4n) is 1.47. The van der Waals surface area contributed by atoms with Crippen LogP contribution in [0.2, 0.25) is 10.0 Å². The molecule has 3 nitrogen and oxygen atoms in total. The van der Waals surface area contributed by atoms with Crippen molar-refractivity contribution in [1.29, 1.82) is 0 Å². The molecule has 0 aliphatic carbocycles. The minimum atomic E-state index is -0.821. The summed E-state index contributed by atoms with van der Waals surface area (Å²) in [7, 11) is 1.52. The summed E-state index contributed by atoms with van der Waals surface area (Å²) in [4.78, 5) is 11.0. The Morgan fingerprint density at radius 2 is 1.94 bits per heavy atom. The summed E-state index contributed by atoms with van der Waals surface area (Å²) < 4.78 is 5.05. The fourth-order valence-corrected chi connectivity index (χ4v) is 1.98. The Morgan fingerprint density at radius 3 is 2.44 bits per heavy atom. The van der Waals surface area contributed by atoms with E-state index in [1.807, 2.05) is 0 Å². The van der Waals surface area contributed by atoms with Crippen LogP contribution in [0.1, 0.15) is 25.8 Å². The van der Waals surface area contributed by atoms with Gasteiger partial charge in [-0.1, -0.05) is 23.2 Å². The highest BCUT2D eigenvalue weighted by molar-refractivity contribution is 6.34. The molecule has 0 heterocycles. The minimum Gasteiger partial charge on any atom is -0.495 e. The van der Waals surface area contributed by atoms with Crippen LogP contribution in [0, 0.1) is 5.41 Å². The number of methoxy groups -OCH3 is 1. The molecule has 0 aliphatic heterocycles. The number of benzene rings is 1. The average Bonchev–Trinajstić information content (AvgIpc) is 2.29. The van der Waals surface area contributed by atoms with Crippen molar-refractivity contribution < 1.29 is 14.6 Å². The number of carboxylic acids is 1. The zero-order chi connectivity index (χ0) is 13.9. The molecule has 0 bridgehead atoms. The molecule has 18 heavy (non-hydrogen) atoms. The predicted molar refractivity (Wildman–Crippen MR) is 72.8 cm³/mol. The van der Waals surface area contributed by atoms with Crippen LogP contribution in [0.15, 0.2) is 12.1 Å². The number of aliphatic carboxylic acids is 1. The van der Waals surface area contributed by atoms with Crippen LogP contribution in [-0.2, 0) is 11.2 Å². The van der Waals surface area contributed by atoms with E-state index in [9.17, 15) is 4.79 Å². The van der Waals surface area contributed by atoms with Crippen LogP contribution in [0.25, 0.3) is 0 Å². The molecule has 0 atom stereocenters. The molecular weight excluding hydrogens is 275 g/mol. The highest BCUT2D eigenvalue weighted by Crippen LogP contribution is 2.33. The monoisotopic (exact) mass is 290 g/mol. The number of aryl methyl sites for hydroxylation is 1. The van der Waals surface area contributed by atoms with Crippen molar-refractivity contribution in [3.05, 3.63) is 27.7 Å². The number of hydrogen-bond donors (Lipinski definition) is 1. The van der Waals surface area contributed by atoms with E-state index in [1.54, 1.807) is 26.0 Å². The van der Waals surface area contributed by atoms with Gasteiger partial charge in [-0.3, -0.25) is 4.79 Å². The SMILES string of the molecule is COc1cc(Cl)c(CCC(C)(C)C(=O)O)cc1Cl. The first kappa shape index (κ1) is 15.1. The van der Waals surface area contributed by atoms with Gasteiger partial charge in [-0.15, -0.1) is 0 Å². The van der Waals surface area contributed by atoms with Gasteiger partial charge in [0.2, 0.25) is 0 Å². The topological polar surface area (TPSA) is 46.5 Å². The second kappa shape index (κ2) is 5.81. The van der Waals surface area contributed by atoms with Gasteiger partial charge in [-0.2, -0.15) is 0 Å². The molecule has 1 aromatic rings. The van der Waals surface area contributed by atoms with E-state index < -0.39 is 11.4 Å². The Labute approximate surface area is 117 Å². The number of ether oxygens (including phenoxy) is 1. The van der Waals surface area contributed by atoms with Gasteiger partial charge >= 0.3 is 5.97 Å². The maximum atomic E-state index is 11.0. The van der Waals surface area contributed by atoms with Crippen molar-refractivity contribution in [2.45, 2.75) is 26.7 Å². The minimum absolute atomic E-state index is 0.477. The summed E-state index contributed by atoms with van der Waals surface area (Å²) in [6.45, 7) is 3.38. The Kier molecular flexibility index (Phi) is 4.88. The molecule has 0 fully saturated rings. The Morgan fingerprint density at radius 1 is 1.33 bits per heavy atom. The lowest BCUT2D eigenvalue weighted by molar-refractivity contribution is -0.147. The highest BCUT2D eigenvalue weighted by Gasteiger charge is 2.27. The van der Waals surface area contributed by atoms with Crippen LogP contribution in [0.5, 0.6) is 5.75 Å². The lowest BCUT2D eigenvalue weighted by Crippen LogP contribution is -2.24. The second-order valence-corrected chi connectivity index (χ2v) is 5.58. The van der Waals surface area contributed by atoms with Crippen molar-refractivity contribution in [2.24, 2.45) is 5.41 Å². The van der Waals surface area contributed by atoms with Crippen LogP contribution in [0.3, 0.4) is 0 Å². The molecule has 0 radical (unpaired) electrons. The van der Waals surface area contributed by atoms with Crippen LogP contribution < -0.4 is 4.74 Å². The molecule has 0 unspecified atom stereocenters. The summed E-state index contributed by atoms with van der Waals surface area (Å²) in [5, 5.41) is 10.1. The van der Waals surface area contributed by atoms with Crippen molar-refractivity contribution in [1.82, 2.24) is 0 Å². The van der Waals surface area contributed by atoms with Gasteiger partial charge < -0.3 is 9.84 Å². The maximum absolute atomic E-state index is 11.0. The first-order valence-corrected chi connectivity index (χ1v) is 6.29. The summed E-state index contributed by atoms with van der Waals surface area (Å²) in [6.07, 6.45) is 1.05. The molecule has 1 N–H and O–H groups in total. The predicted octanol–water partition coefficient (Wildman–Crippen LogP) is 4.05. The van der Waals surface area contributed by atoms with E-state index in [-0.39, 0.29) is 0 Å². The summed E-state index contributed by atoms with van der Waals surface area (Å²) in [5.41, 5.74) is 0.0484. The summed E-state index contributed by atoms with van der Waals surface area (Å²) in [5.74, 6) is -0.304. The van der Waals surface area contributed by atoms with Crippen molar-refractivity contribution >= 4 is 29.2 Å². The smallest absolute Gasteiger partial charge is 0.309 e. The molecule has 0 saturated heterocycles. The lowest BCUT2D eigenvalue weighted by Gasteiger charge is -2.19. The third-order valence-corrected chi connectivity index (χ3v) is 3.57. The van der Waals surface area contributed by atoms with Crippen LogP contribution in [-0.4, -0.2) is 18.2 Å². The van der Waals surface area contributed by atoms with Crippen molar-refractivity contribution in [3.8, 4) is 5.75 Å². The molecule has 5 heteroatoms. The average molecular weight is 291 g/mol. The molecule has 0 saturated carbocycles. The number of rotatable bonds is 5. The van der Waals surface area contributed by atoms with Crippen molar-refractivity contribution in [2.75, 3.05) is 7.11 Å². The van der Waals surface area contributed by atoms with Gasteiger partial charge in [0.25, 0.3) is 0 Å². The van der Waals surface area contributed by atoms with E-state index in [0.29, 0.717) is 28.6 Å².